The maximum atomic E-state index is 12.5. The first kappa shape index (κ1) is 14.6. The molecule has 1 unspecified atom stereocenters. The Morgan fingerprint density at radius 3 is 2.45 bits per heavy atom. The summed E-state index contributed by atoms with van der Waals surface area (Å²) in [4.78, 5) is 29.8. The third-order valence-electron chi connectivity index (χ3n) is 3.76. The molecule has 2 aromatic carbocycles. The summed E-state index contributed by atoms with van der Waals surface area (Å²) >= 11 is 5.83. The van der Waals surface area contributed by atoms with Gasteiger partial charge in [-0.25, -0.2) is 0 Å². The fourth-order valence-electron chi connectivity index (χ4n) is 2.48. The van der Waals surface area contributed by atoms with Gasteiger partial charge in [0, 0.05) is 28.8 Å². The van der Waals surface area contributed by atoms with Crippen LogP contribution in [0.25, 0.3) is 0 Å². The summed E-state index contributed by atoms with van der Waals surface area (Å²) in [7, 11) is 1.56. The van der Waals surface area contributed by atoms with Crippen molar-refractivity contribution in [2.75, 3.05) is 7.05 Å². The van der Waals surface area contributed by atoms with Crippen LogP contribution in [0.4, 0.5) is 0 Å². The molecule has 0 aliphatic carbocycles. The lowest BCUT2D eigenvalue weighted by Gasteiger charge is -2.29. The third-order valence-corrected chi connectivity index (χ3v) is 4.02. The molecule has 4 nitrogen and oxygen atoms in total. The number of carbonyl (C=O) groups is 2. The number of nitrogens with zero attached hydrogens (tertiary/aromatic N) is 1. The minimum Gasteiger partial charge on any atom is -0.377 e. The number of carbonyl (C=O) groups excluding carboxylic acids is 2. The van der Waals surface area contributed by atoms with Crippen LogP contribution in [0.1, 0.15) is 34.3 Å². The average Bonchev–Trinajstić information content (AvgIpc) is 2.52. The number of hydrogen-bond acceptors (Lipinski definition) is 3. The van der Waals surface area contributed by atoms with Gasteiger partial charge in [-0.1, -0.05) is 23.7 Å². The number of likely N-dealkylation sites (N-methyl/N-ethyl adjacent to an activating group) is 1. The standard InChI is InChI=1S/C17H14ClNO3/c1-10-14-8-5-12(9-15(14)22-19(2)17(10)21)16(20)11-3-6-13(18)7-4-11/h3-10H,1-2H3. The van der Waals surface area contributed by atoms with Crippen molar-refractivity contribution in [3.8, 4) is 5.75 Å². The van der Waals surface area contributed by atoms with Crippen LogP contribution in [0.5, 0.6) is 5.75 Å². The van der Waals surface area contributed by atoms with Gasteiger partial charge in [0.25, 0.3) is 5.91 Å². The molecule has 0 aromatic heterocycles. The number of benzene rings is 2. The molecule has 0 radical (unpaired) electrons. The van der Waals surface area contributed by atoms with Gasteiger partial charge < -0.3 is 4.84 Å². The fourth-order valence-corrected chi connectivity index (χ4v) is 2.60. The Bertz CT molecular complexity index is 755. The molecule has 0 fully saturated rings. The molecule has 1 aliphatic rings. The molecule has 0 N–H and O–H groups in total. The van der Waals surface area contributed by atoms with Crippen LogP contribution >= 0.6 is 11.6 Å². The molecule has 0 saturated heterocycles. The molecule has 0 spiro atoms. The lowest BCUT2D eigenvalue weighted by atomic mass is 9.94. The highest BCUT2D eigenvalue weighted by Gasteiger charge is 2.30. The van der Waals surface area contributed by atoms with Crippen molar-refractivity contribution >= 4 is 23.3 Å². The minimum atomic E-state index is -0.284. The Hall–Kier alpha value is -2.33. The van der Waals surface area contributed by atoms with Gasteiger partial charge in [-0.2, -0.15) is 5.06 Å². The van der Waals surface area contributed by atoms with E-state index in [1.54, 1.807) is 49.5 Å². The zero-order chi connectivity index (χ0) is 15.9. The van der Waals surface area contributed by atoms with Crippen molar-refractivity contribution in [3.63, 3.8) is 0 Å². The van der Waals surface area contributed by atoms with Crippen molar-refractivity contribution in [2.24, 2.45) is 0 Å². The van der Waals surface area contributed by atoms with Crippen molar-refractivity contribution in [2.45, 2.75) is 12.8 Å². The van der Waals surface area contributed by atoms with E-state index in [9.17, 15) is 9.59 Å². The molecule has 5 heteroatoms. The van der Waals surface area contributed by atoms with Crippen molar-refractivity contribution < 1.29 is 14.4 Å². The number of hydroxylamine groups is 2. The first-order valence-corrected chi connectivity index (χ1v) is 7.25. The Morgan fingerprint density at radius 2 is 1.77 bits per heavy atom. The predicted octanol–water partition coefficient (Wildman–Crippen LogP) is 3.44. The molecule has 1 aliphatic heterocycles. The van der Waals surface area contributed by atoms with Gasteiger partial charge in [0.1, 0.15) is 0 Å². The van der Waals surface area contributed by atoms with Gasteiger partial charge in [-0.3, -0.25) is 9.59 Å². The van der Waals surface area contributed by atoms with Crippen LogP contribution in [0.3, 0.4) is 0 Å². The van der Waals surface area contributed by atoms with Crippen LogP contribution in [0, 0.1) is 0 Å². The highest BCUT2D eigenvalue weighted by atomic mass is 35.5. The monoisotopic (exact) mass is 315 g/mol. The summed E-state index contributed by atoms with van der Waals surface area (Å²) in [6.07, 6.45) is 0. The number of rotatable bonds is 2. The predicted molar refractivity (Wildman–Crippen MR) is 83.1 cm³/mol. The normalized spacial score (nSPS) is 17.0. The molecular formula is C17H14ClNO3. The molecule has 0 bridgehead atoms. The molecular weight excluding hydrogens is 302 g/mol. The SMILES string of the molecule is CC1C(=O)N(C)Oc2cc(C(=O)c3ccc(Cl)cc3)ccc21. The van der Waals surface area contributed by atoms with E-state index in [0.717, 1.165) is 5.56 Å². The summed E-state index contributed by atoms with van der Waals surface area (Å²) in [6, 6.07) is 11.9. The average molecular weight is 316 g/mol. The van der Waals surface area contributed by atoms with Crippen molar-refractivity contribution in [3.05, 3.63) is 64.2 Å². The highest BCUT2D eigenvalue weighted by molar-refractivity contribution is 6.30. The second-order valence-corrected chi connectivity index (χ2v) is 5.67. The van der Waals surface area contributed by atoms with Crippen LogP contribution in [-0.2, 0) is 4.79 Å². The number of ketones is 1. The van der Waals surface area contributed by atoms with E-state index in [0.29, 0.717) is 21.9 Å². The van der Waals surface area contributed by atoms with E-state index < -0.39 is 0 Å². The van der Waals surface area contributed by atoms with Crippen LogP contribution in [-0.4, -0.2) is 23.8 Å². The lowest BCUT2D eigenvalue weighted by molar-refractivity contribution is -0.157. The smallest absolute Gasteiger partial charge is 0.262 e. The molecule has 3 rings (SSSR count). The van der Waals surface area contributed by atoms with E-state index in [-0.39, 0.29) is 17.6 Å². The van der Waals surface area contributed by atoms with Crippen molar-refractivity contribution in [1.29, 1.82) is 0 Å². The van der Waals surface area contributed by atoms with Gasteiger partial charge in [0.2, 0.25) is 0 Å². The summed E-state index contributed by atoms with van der Waals surface area (Å²) in [5.41, 5.74) is 1.85. The lowest BCUT2D eigenvalue weighted by Crippen LogP contribution is -2.37. The fraction of sp³-hybridized carbons (Fsp3) is 0.176. The Kier molecular flexibility index (Phi) is 3.62. The minimum absolute atomic E-state index is 0.107. The summed E-state index contributed by atoms with van der Waals surface area (Å²) in [6.45, 7) is 1.82. The topological polar surface area (TPSA) is 46.6 Å². The summed E-state index contributed by atoms with van der Waals surface area (Å²) < 4.78 is 0. The van der Waals surface area contributed by atoms with Gasteiger partial charge in [-0.15, -0.1) is 0 Å². The number of amides is 1. The molecule has 2 aromatic rings. The Morgan fingerprint density at radius 1 is 1.14 bits per heavy atom. The largest absolute Gasteiger partial charge is 0.377 e. The molecule has 22 heavy (non-hydrogen) atoms. The third kappa shape index (κ3) is 2.46. The maximum absolute atomic E-state index is 12.5. The molecule has 1 heterocycles. The van der Waals surface area contributed by atoms with Crippen molar-refractivity contribution in [1.82, 2.24) is 5.06 Å². The second-order valence-electron chi connectivity index (χ2n) is 5.24. The maximum Gasteiger partial charge on any atom is 0.262 e. The first-order valence-electron chi connectivity index (χ1n) is 6.87. The van der Waals surface area contributed by atoms with Crippen LogP contribution < -0.4 is 4.84 Å². The van der Waals surface area contributed by atoms with E-state index in [1.165, 1.54) is 5.06 Å². The van der Waals surface area contributed by atoms with Crippen LogP contribution in [0.15, 0.2) is 42.5 Å². The van der Waals surface area contributed by atoms with Gasteiger partial charge in [0.05, 0.1) is 5.92 Å². The van der Waals surface area contributed by atoms with E-state index >= 15 is 0 Å². The second kappa shape index (κ2) is 5.46. The quantitative estimate of drug-likeness (QED) is 0.798. The zero-order valence-electron chi connectivity index (χ0n) is 12.2. The number of fused-ring (bicyclic) bond motifs is 1. The number of halogens is 1. The molecule has 1 amide bonds. The first-order chi connectivity index (χ1) is 10.5. The highest BCUT2D eigenvalue weighted by Crippen LogP contribution is 2.34. The van der Waals surface area contributed by atoms with E-state index in [4.69, 9.17) is 16.4 Å². The molecule has 112 valence electrons. The van der Waals surface area contributed by atoms with E-state index in [1.807, 2.05) is 6.92 Å². The molecule has 0 saturated carbocycles. The summed E-state index contributed by atoms with van der Waals surface area (Å²) in [5.74, 6) is 0.0300. The van der Waals surface area contributed by atoms with Gasteiger partial charge in [-0.05, 0) is 37.3 Å². The zero-order valence-corrected chi connectivity index (χ0v) is 12.9. The Balaban J connectivity index is 1.97. The van der Waals surface area contributed by atoms with Gasteiger partial charge in [0.15, 0.2) is 11.5 Å². The van der Waals surface area contributed by atoms with Crippen LogP contribution in [0.2, 0.25) is 5.02 Å². The number of hydrogen-bond donors (Lipinski definition) is 0. The van der Waals surface area contributed by atoms with Gasteiger partial charge >= 0.3 is 0 Å². The summed E-state index contributed by atoms with van der Waals surface area (Å²) in [5, 5.41) is 1.78. The molecule has 1 atom stereocenters. The van der Waals surface area contributed by atoms with E-state index in [2.05, 4.69) is 0 Å². The Labute approximate surface area is 133 Å².